The van der Waals surface area contributed by atoms with E-state index in [1.54, 1.807) is 17.0 Å². The number of hydrogen-bond acceptors (Lipinski definition) is 5. The highest BCUT2D eigenvalue weighted by molar-refractivity contribution is 9.10. The van der Waals surface area contributed by atoms with E-state index in [9.17, 15) is 15.0 Å². The molecule has 5 aliphatic rings. The zero-order chi connectivity index (χ0) is 25.5. The minimum absolute atomic E-state index is 0.0372. The molecule has 194 valence electrons. The number of carbonyl (C=O) groups excluding carboxylic acids is 1. The van der Waals surface area contributed by atoms with Crippen molar-refractivity contribution in [3.63, 3.8) is 0 Å². The molecule has 2 saturated carbocycles. The molecule has 2 N–H and O–H groups in total. The van der Waals surface area contributed by atoms with Crippen LogP contribution >= 0.6 is 15.9 Å². The number of likely N-dealkylation sites (N-methyl/N-ethyl adjacent to an activating group) is 1. The van der Waals surface area contributed by atoms with Gasteiger partial charge in [0.25, 0.3) is 0 Å². The van der Waals surface area contributed by atoms with Crippen LogP contribution in [-0.2, 0) is 16.6 Å². The van der Waals surface area contributed by atoms with Gasteiger partial charge in [-0.3, -0.25) is 9.69 Å². The van der Waals surface area contributed by atoms with E-state index < -0.39 is 17.1 Å². The van der Waals surface area contributed by atoms with Gasteiger partial charge < -0.3 is 19.8 Å². The second-order valence-corrected chi connectivity index (χ2v) is 12.6. The number of benzene rings is 2. The van der Waals surface area contributed by atoms with Gasteiger partial charge in [-0.05, 0) is 86.4 Å². The normalized spacial score (nSPS) is 33.8. The lowest BCUT2D eigenvalue weighted by Crippen LogP contribution is -2.78. The standard InChI is InChI=1S/C30H33BrN2O4/c1-32(25(35)11-6-18-4-8-21(31)9-5-18)22-12-13-30(36)24-16-20-7-10-23(34)27-26(20)29(30,28(22)37-27)14-15-33(24)17-19-2-3-19/h4-11,19,22,24,28,34,36H,2-3,12-17H2,1H3/b11-6+/t22?,24-,28?,29+,30-/m1/s1. The summed E-state index contributed by atoms with van der Waals surface area (Å²) in [6.45, 7) is 1.96. The highest BCUT2D eigenvalue weighted by Crippen LogP contribution is 2.66. The maximum Gasteiger partial charge on any atom is 0.246 e. The SMILES string of the molecule is CN(C(=O)/C=C/c1ccc(Br)cc1)C1CC[C@@]2(O)[C@H]3Cc4ccc(O)c5c4[C@@]2(CCN3CC2CC2)C1O5. The van der Waals surface area contributed by atoms with Gasteiger partial charge in [0, 0.05) is 35.7 Å². The van der Waals surface area contributed by atoms with Gasteiger partial charge in [-0.15, -0.1) is 0 Å². The number of carbonyl (C=O) groups is 1. The van der Waals surface area contributed by atoms with E-state index in [-0.39, 0.29) is 23.7 Å². The first kappa shape index (κ1) is 23.7. The van der Waals surface area contributed by atoms with Crippen LogP contribution in [0, 0.1) is 5.92 Å². The number of halogens is 1. The summed E-state index contributed by atoms with van der Waals surface area (Å²) in [6.07, 6.45) is 8.47. The van der Waals surface area contributed by atoms with Crippen LogP contribution in [0.2, 0.25) is 0 Å². The highest BCUT2D eigenvalue weighted by Gasteiger charge is 2.73. The summed E-state index contributed by atoms with van der Waals surface area (Å²) in [5, 5.41) is 23.4. The third-order valence-corrected chi connectivity index (χ3v) is 10.4. The number of amides is 1. The van der Waals surface area contributed by atoms with Crippen molar-refractivity contribution >= 4 is 27.9 Å². The Morgan fingerprint density at radius 3 is 2.73 bits per heavy atom. The van der Waals surface area contributed by atoms with Crippen LogP contribution in [0.15, 0.2) is 46.9 Å². The van der Waals surface area contributed by atoms with Crippen LogP contribution in [0.25, 0.3) is 6.08 Å². The molecule has 7 heteroatoms. The van der Waals surface area contributed by atoms with Crippen molar-refractivity contribution in [2.45, 2.75) is 67.7 Å². The van der Waals surface area contributed by atoms with Crippen LogP contribution in [0.3, 0.4) is 0 Å². The second-order valence-electron chi connectivity index (χ2n) is 11.7. The maximum atomic E-state index is 13.4. The molecule has 1 saturated heterocycles. The van der Waals surface area contributed by atoms with Gasteiger partial charge in [-0.25, -0.2) is 0 Å². The van der Waals surface area contributed by atoms with Crippen molar-refractivity contribution in [1.29, 1.82) is 0 Å². The highest BCUT2D eigenvalue weighted by atomic mass is 79.9. The van der Waals surface area contributed by atoms with Crippen molar-refractivity contribution in [2.75, 3.05) is 20.1 Å². The molecule has 2 aromatic carbocycles. The predicted molar refractivity (Wildman–Crippen MR) is 145 cm³/mol. The van der Waals surface area contributed by atoms with Gasteiger partial charge in [0.1, 0.15) is 6.10 Å². The Kier molecular flexibility index (Phi) is 5.34. The number of likely N-dealkylation sites (tertiary alicyclic amines) is 1. The molecule has 5 atom stereocenters. The van der Waals surface area contributed by atoms with Gasteiger partial charge in [0.15, 0.2) is 11.5 Å². The zero-order valence-corrected chi connectivity index (χ0v) is 22.7. The molecule has 2 unspecified atom stereocenters. The summed E-state index contributed by atoms with van der Waals surface area (Å²) in [7, 11) is 1.84. The average Bonchev–Trinajstić information content (AvgIpc) is 3.63. The quantitative estimate of drug-likeness (QED) is 0.531. The Bertz CT molecular complexity index is 1290. The van der Waals surface area contributed by atoms with Crippen molar-refractivity contribution in [1.82, 2.24) is 9.80 Å². The minimum Gasteiger partial charge on any atom is -0.504 e. The number of ether oxygens (including phenoxy) is 1. The average molecular weight is 566 g/mol. The first-order valence-electron chi connectivity index (χ1n) is 13.5. The van der Waals surface area contributed by atoms with Crippen LogP contribution in [0.5, 0.6) is 11.5 Å². The largest absolute Gasteiger partial charge is 0.504 e. The summed E-state index contributed by atoms with van der Waals surface area (Å²) in [5.74, 6) is 1.32. The fourth-order valence-electron chi connectivity index (χ4n) is 7.87. The molecule has 1 amide bonds. The number of piperidine rings is 1. The molecule has 1 spiro atoms. The summed E-state index contributed by atoms with van der Waals surface area (Å²) >= 11 is 3.45. The number of phenols is 1. The van der Waals surface area contributed by atoms with Gasteiger partial charge in [-0.1, -0.05) is 34.1 Å². The molecule has 37 heavy (non-hydrogen) atoms. The summed E-state index contributed by atoms with van der Waals surface area (Å²) in [4.78, 5) is 17.7. The van der Waals surface area contributed by atoms with Crippen LogP contribution in [-0.4, -0.2) is 69.8 Å². The number of aliphatic hydroxyl groups is 1. The molecule has 0 radical (unpaired) electrons. The summed E-state index contributed by atoms with van der Waals surface area (Å²) in [6, 6.07) is 11.4. The lowest BCUT2D eigenvalue weighted by Gasteiger charge is -2.64. The fraction of sp³-hybridized carbons (Fsp3) is 0.500. The van der Waals surface area contributed by atoms with Gasteiger partial charge >= 0.3 is 0 Å². The molecule has 2 bridgehead atoms. The topological polar surface area (TPSA) is 73.2 Å². The van der Waals surface area contributed by atoms with E-state index >= 15 is 0 Å². The van der Waals surface area contributed by atoms with E-state index in [4.69, 9.17) is 4.74 Å². The lowest BCUT2D eigenvalue weighted by molar-refractivity contribution is -0.200. The van der Waals surface area contributed by atoms with Gasteiger partial charge in [-0.2, -0.15) is 0 Å². The predicted octanol–water partition coefficient (Wildman–Crippen LogP) is 4.26. The van der Waals surface area contributed by atoms with E-state index in [0.717, 1.165) is 47.4 Å². The Morgan fingerprint density at radius 2 is 1.97 bits per heavy atom. The number of rotatable bonds is 5. The van der Waals surface area contributed by atoms with Crippen LogP contribution < -0.4 is 4.74 Å². The second kappa shape index (κ2) is 8.32. The lowest BCUT2D eigenvalue weighted by atomic mass is 9.48. The maximum absolute atomic E-state index is 13.4. The fourth-order valence-corrected chi connectivity index (χ4v) is 8.14. The first-order valence-corrected chi connectivity index (χ1v) is 14.3. The number of aromatic hydroxyl groups is 1. The molecule has 3 aliphatic carbocycles. The van der Waals surface area contributed by atoms with Crippen molar-refractivity contribution in [3.05, 3.63) is 63.6 Å². The van der Waals surface area contributed by atoms with E-state index in [1.165, 1.54) is 18.4 Å². The first-order chi connectivity index (χ1) is 17.8. The third-order valence-electron chi connectivity index (χ3n) is 9.86. The van der Waals surface area contributed by atoms with E-state index in [0.29, 0.717) is 18.6 Å². The molecule has 7 rings (SSSR count). The van der Waals surface area contributed by atoms with Gasteiger partial charge in [0.05, 0.1) is 17.1 Å². The monoisotopic (exact) mass is 564 g/mol. The zero-order valence-electron chi connectivity index (χ0n) is 21.1. The van der Waals surface area contributed by atoms with Crippen molar-refractivity contribution < 1.29 is 19.7 Å². The van der Waals surface area contributed by atoms with Crippen LogP contribution in [0.4, 0.5) is 0 Å². The Labute approximate surface area is 226 Å². The minimum atomic E-state index is -0.940. The third kappa shape index (κ3) is 3.39. The molecule has 6 nitrogen and oxygen atoms in total. The van der Waals surface area contributed by atoms with Gasteiger partial charge in [0.2, 0.25) is 5.91 Å². The number of phenolic OH excluding ortho intramolecular Hbond substituents is 1. The smallest absolute Gasteiger partial charge is 0.246 e. The Morgan fingerprint density at radius 1 is 1.19 bits per heavy atom. The van der Waals surface area contributed by atoms with Crippen molar-refractivity contribution in [2.24, 2.45) is 5.92 Å². The van der Waals surface area contributed by atoms with Crippen LogP contribution in [0.1, 0.15) is 48.8 Å². The number of nitrogens with zero attached hydrogens (tertiary/aromatic N) is 2. The van der Waals surface area contributed by atoms with E-state index in [1.807, 2.05) is 43.5 Å². The Hall–Kier alpha value is -2.35. The summed E-state index contributed by atoms with van der Waals surface area (Å²) < 4.78 is 7.61. The molecule has 3 fully saturated rings. The number of hydrogen-bond donors (Lipinski definition) is 2. The molecule has 2 aromatic rings. The summed E-state index contributed by atoms with van der Waals surface area (Å²) in [5.41, 5.74) is 1.57. The molecular formula is C30H33BrN2O4. The molecule has 2 aliphatic heterocycles. The van der Waals surface area contributed by atoms with E-state index in [2.05, 4.69) is 20.8 Å². The molecule has 0 aromatic heterocycles. The Balaban J connectivity index is 1.24. The molecular weight excluding hydrogens is 532 g/mol. The van der Waals surface area contributed by atoms with Crippen molar-refractivity contribution in [3.8, 4) is 11.5 Å². The molecule has 2 heterocycles.